The summed E-state index contributed by atoms with van der Waals surface area (Å²) in [4.78, 5) is 12.2. The van der Waals surface area contributed by atoms with Crippen molar-refractivity contribution < 1.29 is 18.7 Å². The van der Waals surface area contributed by atoms with Crippen LogP contribution in [0.15, 0.2) is 65.3 Å². The van der Waals surface area contributed by atoms with E-state index in [2.05, 4.69) is 5.32 Å². The molecule has 148 valence electrons. The summed E-state index contributed by atoms with van der Waals surface area (Å²) in [6.07, 6.45) is 1.61. The van der Waals surface area contributed by atoms with Gasteiger partial charge in [0.05, 0.1) is 12.8 Å². The minimum atomic E-state index is -0.990. The number of nitrogens with zero attached hydrogens (tertiary/aromatic N) is 1. The summed E-state index contributed by atoms with van der Waals surface area (Å²) in [5.74, 6) is -0.522. The van der Waals surface area contributed by atoms with Crippen LogP contribution in [-0.4, -0.2) is 15.6 Å². The van der Waals surface area contributed by atoms with Crippen LogP contribution in [0, 0.1) is 12.7 Å². The van der Waals surface area contributed by atoms with Gasteiger partial charge in [0, 0.05) is 29.6 Å². The topological polar surface area (TPSA) is 67.4 Å². The number of aryl methyl sites for hydroxylation is 1. The smallest absolute Gasteiger partial charge is 0.352 e. The van der Waals surface area contributed by atoms with Crippen LogP contribution in [0.4, 0.5) is 4.39 Å². The van der Waals surface area contributed by atoms with Crippen LogP contribution in [0.25, 0.3) is 10.9 Å². The molecule has 29 heavy (non-hydrogen) atoms. The van der Waals surface area contributed by atoms with Crippen LogP contribution in [0.2, 0.25) is 0 Å². The number of hydrogen-bond acceptors (Lipinski definition) is 3. The van der Waals surface area contributed by atoms with E-state index in [0.717, 1.165) is 33.4 Å². The molecular formula is C23H21FN2O3. The van der Waals surface area contributed by atoms with Crippen LogP contribution in [-0.2, 0) is 19.6 Å². The van der Waals surface area contributed by atoms with E-state index in [0.29, 0.717) is 19.6 Å². The molecule has 5 nitrogen and oxygen atoms in total. The average Bonchev–Trinajstić information content (AvgIpc) is 3.30. The largest absolute Gasteiger partial charge is 0.477 e. The van der Waals surface area contributed by atoms with Crippen LogP contribution >= 0.6 is 0 Å². The molecule has 4 rings (SSSR count). The van der Waals surface area contributed by atoms with Crippen LogP contribution in [0.3, 0.4) is 0 Å². The van der Waals surface area contributed by atoms with E-state index >= 15 is 0 Å². The van der Waals surface area contributed by atoms with Gasteiger partial charge in [-0.15, -0.1) is 0 Å². The normalized spacial score (nSPS) is 11.2. The number of fused-ring (bicyclic) bond motifs is 1. The number of carboxylic acids is 1. The lowest BCUT2D eigenvalue weighted by molar-refractivity contribution is 0.0684. The molecule has 2 N–H and O–H groups in total. The van der Waals surface area contributed by atoms with E-state index in [1.165, 1.54) is 12.1 Å². The molecule has 0 fully saturated rings. The number of carbonyl (C=O) groups is 1. The summed E-state index contributed by atoms with van der Waals surface area (Å²) in [5, 5.41) is 14.2. The molecule has 0 spiro atoms. The Morgan fingerprint density at radius 2 is 1.93 bits per heavy atom. The van der Waals surface area contributed by atoms with Gasteiger partial charge in [-0.2, -0.15) is 0 Å². The molecule has 0 bridgehead atoms. The van der Waals surface area contributed by atoms with Crippen LogP contribution in [0.5, 0.6) is 0 Å². The van der Waals surface area contributed by atoms with Crippen molar-refractivity contribution in [3.8, 4) is 0 Å². The number of furan rings is 1. The fourth-order valence-electron chi connectivity index (χ4n) is 3.62. The summed E-state index contributed by atoms with van der Waals surface area (Å²) in [6, 6.07) is 15.7. The van der Waals surface area contributed by atoms with E-state index in [-0.39, 0.29) is 11.5 Å². The SMILES string of the molecule is Cc1ccc2c(CNCc3ccco3)c(C(=O)O)n(Cc3ccc(F)cc3)c2c1. The minimum absolute atomic E-state index is 0.238. The van der Waals surface area contributed by atoms with Gasteiger partial charge in [-0.3, -0.25) is 0 Å². The predicted molar refractivity (Wildman–Crippen MR) is 108 cm³/mol. The van der Waals surface area contributed by atoms with Gasteiger partial charge < -0.3 is 19.4 Å². The highest BCUT2D eigenvalue weighted by Crippen LogP contribution is 2.29. The molecule has 2 aromatic carbocycles. The zero-order valence-electron chi connectivity index (χ0n) is 16.0. The monoisotopic (exact) mass is 392 g/mol. The quantitative estimate of drug-likeness (QED) is 0.478. The van der Waals surface area contributed by atoms with E-state index in [9.17, 15) is 14.3 Å². The molecule has 6 heteroatoms. The third-order valence-corrected chi connectivity index (χ3v) is 4.96. The van der Waals surface area contributed by atoms with Crippen LogP contribution < -0.4 is 5.32 Å². The molecule has 0 aliphatic heterocycles. The lowest BCUT2D eigenvalue weighted by Gasteiger charge is -2.10. The van der Waals surface area contributed by atoms with E-state index in [1.807, 2.05) is 37.3 Å². The molecule has 4 aromatic rings. The molecule has 0 unspecified atom stereocenters. The first kappa shape index (κ1) is 19.0. The molecule has 0 aliphatic rings. The van der Waals surface area contributed by atoms with Crippen molar-refractivity contribution in [2.24, 2.45) is 0 Å². The van der Waals surface area contributed by atoms with Gasteiger partial charge in [0.15, 0.2) is 0 Å². The average molecular weight is 392 g/mol. The lowest BCUT2D eigenvalue weighted by Crippen LogP contribution is -2.17. The second-order valence-electron chi connectivity index (χ2n) is 7.05. The molecule has 2 aromatic heterocycles. The second-order valence-corrected chi connectivity index (χ2v) is 7.05. The van der Waals surface area contributed by atoms with Crippen molar-refractivity contribution in [1.82, 2.24) is 9.88 Å². The summed E-state index contributed by atoms with van der Waals surface area (Å²) in [6.45, 7) is 3.21. The van der Waals surface area contributed by atoms with Gasteiger partial charge >= 0.3 is 5.97 Å². The van der Waals surface area contributed by atoms with Gasteiger partial charge in [-0.25, -0.2) is 9.18 Å². The lowest BCUT2D eigenvalue weighted by atomic mass is 10.1. The maximum absolute atomic E-state index is 13.3. The Hall–Kier alpha value is -3.38. The number of nitrogens with one attached hydrogen (secondary N) is 1. The third-order valence-electron chi connectivity index (χ3n) is 4.96. The number of rotatable bonds is 7. The number of aromatic nitrogens is 1. The minimum Gasteiger partial charge on any atom is -0.477 e. The van der Waals surface area contributed by atoms with E-state index in [1.54, 1.807) is 23.0 Å². The molecule has 0 aliphatic carbocycles. The molecule has 0 radical (unpaired) electrons. The Morgan fingerprint density at radius 1 is 1.14 bits per heavy atom. The first-order valence-electron chi connectivity index (χ1n) is 9.35. The molecule has 0 amide bonds. The third kappa shape index (κ3) is 3.93. The van der Waals surface area contributed by atoms with Crippen molar-refractivity contribution in [2.75, 3.05) is 0 Å². The van der Waals surface area contributed by atoms with Gasteiger partial charge in [-0.1, -0.05) is 24.3 Å². The number of benzene rings is 2. The summed E-state index contributed by atoms with van der Waals surface area (Å²) < 4.78 is 20.4. The Morgan fingerprint density at radius 3 is 2.62 bits per heavy atom. The Labute approximate surface area is 167 Å². The number of hydrogen-bond donors (Lipinski definition) is 2. The zero-order valence-corrected chi connectivity index (χ0v) is 16.0. The maximum Gasteiger partial charge on any atom is 0.352 e. The highest BCUT2D eigenvalue weighted by Gasteiger charge is 2.22. The Kier molecular flexibility index (Phi) is 5.18. The highest BCUT2D eigenvalue weighted by atomic mass is 19.1. The van der Waals surface area contributed by atoms with E-state index < -0.39 is 5.97 Å². The van der Waals surface area contributed by atoms with Gasteiger partial charge in [0.25, 0.3) is 0 Å². The van der Waals surface area contributed by atoms with Gasteiger partial charge in [-0.05, 0) is 48.4 Å². The van der Waals surface area contributed by atoms with Crippen molar-refractivity contribution in [1.29, 1.82) is 0 Å². The van der Waals surface area contributed by atoms with Crippen molar-refractivity contribution >= 4 is 16.9 Å². The van der Waals surface area contributed by atoms with Gasteiger partial charge in [0.1, 0.15) is 17.3 Å². The standard InChI is InChI=1S/C23H21FN2O3/c1-15-4-9-19-20(13-25-12-18-3-2-10-29-18)22(23(27)28)26(21(19)11-15)14-16-5-7-17(24)8-6-16/h2-11,25H,12-14H2,1H3,(H,27,28). The summed E-state index contributed by atoms with van der Waals surface area (Å²) >= 11 is 0. The Balaban J connectivity index is 1.76. The van der Waals surface area contributed by atoms with Gasteiger partial charge in [0.2, 0.25) is 0 Å². The van der Waals surface area contributed by atoms with Crippen molar-refractivity contribution in [3.05, 3.63) is 94.8 Å². The Bertz CT molecular complexity index is 1150. The fourth-order valence-corrected chi connectivity index (χ4v) is 3.62. The summed E-state index contributed by atoms with van der Waals surface area (Å²) in [5.41, 5.74) is 3.69. The van der Waals surface area contributed by atoms with Crippen LogP contribution in [0.1, 0.15) is 32.9 Å². The van der Waals surface area contributed by atoms with E-state index in [4.69, 9.17) is 4.42 Å². The molecular weight excluding hydrogens is 371 g/mol. The fraction of sp³-hybridized carbons (Fsp3) is 0.174. The van der Waals surface area contributed by atoms with Crippen molar-refractivity contribution in [3.63, 3.8) is 0 Å². The number of aromatic carboxylic acids is 1. The number of halogens is 1. The maximum atomic E-state index is 13.3. The molecule has 0 atom stereocenters. The predicted octanol–water partition coefficient (Wildman–Crippen LogP) is 4.72. The first-order valence-corrected chi connectivity index (χ1v) is 9.35. The number of carboxylic acid groups (broad SMARTS) is 1. The molecule has 0 saturated carbocycles. The highest BCUT2D eigenvalue weighted by molar-refractivity contribution is 5.98. The molecule has 0 saturated heterocycles. The first-order chi connectivity index (χ1) is 14.0. The summed E-state index contributed by atoms with van der Waals surface area (Å²) in [7, 11) is 0. The second kappa shape index (κ2) is 7.93. The van der Waals surface area contributed by atoms with Crippen molar-refractivity contribution in [2.45, 2.75) is 26.6 Å². The molecule has 2 heterocycles. The zero-order chi connectivity index (χ0) is 20.4.